The molecular formula is C23H21Cl2N3O3. The predicted molar refractivity (Wildman–Crippen MR) is 120 cm³/mol. The molecule has 0 spiro atoms. The summed E-state index contributed by atoms with van der Waals surface area (Å²) in [5.41, 5.74) is 1.72. The van der Waals surface area contributed by atoms with Gasteiger partial charge >= 0.3 is 0 Å². The summed E-state index contributed by atoms with van der Waals surface area (Å²) in [6.45, 7) is 1.46. The molecule has 0 bridgehead atoms. The predicted octanol–water partition coefficient (Wildman–Crippen LogP) is 5.46. The first-order valence-corrected chi connectivity index (χ1v) is 10.8. The summed E-state index contributed by atoms with van der Waals surface area (Å²) in [6.07, 6.45) is 4.10. The summed E-state index contributed by atoms with van der Waals surface area (Å²) in [6, 6.07) is 12.2. The van der Waals surface area contributed by atoms with Gasteiger partial charge in [-0.15, -0.1) is 0 Å². The van der Waals surface area contributed by atoms with Gasteiger partial charge in [0.2, 0.25) is 5.91 Å². The fourth-order valence-electron chi connectivity index (χ4n) is 3.50. The van der Waals surface area contributed by atoms with Crippen molar-refractivity contribution in [2.75, 3.05) is 18.4 Å². The summed E-state index contributed by atoms with van der Waals surface area (Å²) < 4.78 is 5.74. The molecule has 1 saturated heterocycles. The third-order valence-corrected chi connectivity index (χ3v) is 5.61. The van der Waals surface area contributed by atoms with Gasteiger partial charge < -0.3 is 14.6 Å². The largest absolute Gasteiger partial charge is 0.441 e. The summed E-state index contributed by atoms with van der Waals surface area (Å²) in [5.74, 6) is 0.730. The molecular weight excluding hydrogens is 437 g/mol. The zero-order valence-corrected chi connectivity index (χ0v) is 18.2. The molecule has 1 aliphatic heterocycles. The molecule has 8 heteroatoms. The van der Waals surface area contributed by atoms with Crippen LogP contribution in [0.3, 0.4) is 0 Å². The lowest BCUT2D eigenvalue weighted by molar-refractivity contribution is -0.116. The number of halogens is 2. The average Bonchev–Trinajstić information content (AvgIpc) is 3.45. The maximum atomic E-state index is 12.8. The van der Waals surface area contributed by atoms with Crippen molar-refractivity contribution in [3.05, 3.63) is 70.2 Å². The summed E-state index contributed by atoms with van der Waals surface area (Å²) >= 11 is 12.0. The van der Waals surface area contributed by atoms with Crippen molar-refractivity contribution < 1.29 is 14.0 Å². The first-order valence-electron chi connectivity index (χ1n) is 10.1. The van der Waals surface area contributed by atoms with Gasteiger partial charge in [0.05, 0.1) is 17.4 Å². The van der Waals surface area contributed by atoms with E-state index in [4.69, 9.17) is 27.6 Å². The molecule has 2 amide bonds. The number of nitrogens with one attached hydrogen (secondary N) is 1. The maximum absolute atomic E-state index is 12.8. The Morgan fingerprint density at radius 2 is 1.74 bits per heavy atom. The van der Waals surface area contributed by atoms with E-state index in [0.29, 0.717) is 39.4 Å². The molecule has 2 heterocycles. The summed E-state index contributed by atoms with van der Waals surface area (Å²) in [4.78, 5) is 31.4. The van der Waals surface area contributed by atoms with Crippen molar-refractivity contribution >= 4 is 40.7 Å². The Morgan fingerprint density at radius 1 is 1.03 bits per heavy atom. The molecule has 6 nitrogen and oxygen atoms in total. The van der Waals surface area contributed by atoms with Gasteiger partial charge in [-0.2, -0.15) is 0 Å². The second-order valence-corrected chi connectivity index (χ2v) is 8.24. The van der Waals surface area contributed by atoms with Gasteiger partial charge in [-0.3, -0.25) is 9.59 Å². The van der Waals surface area contributed by atoms with Crippen LogP contribution in [0.15, 0.2) is 53.1 Å². The molecule has 0 radical (unpaired) electrons. The van der Waals surface area contributed by atoms with Gasteiger partial charge in [0.15, 0.2) is 11.7 Å². The highest BCUT2D eigenvalue weighted by Crippen LogP contribution is 2.25. The molecule has 0 unspecified atom stereocenters. The SMILES string of the molecule is O=C(CCc1ncc(-c2ccc(Cl)cc2)o1)Nc1cc(Cl)ccc1C(=O)N1CCCC1. The van der Waals surface area contributed by atoms with Crippen molar-refractivity contribution in [1.29, 1.82) is 0 Å². The second kappa shape index (κ2) is 9.54. The van der Waals surface area contributed by atoms with Crippen LogP contribution in [0.5, 0.6) is 0 Å². The number of rotatable bonds is 6. The number of oxazole rings is 1. The van der Waals surface area contributed by atoms with Crippen molar-refractivity contribution in [2.24, 2.45) is 0 Å². The van der Waals surface area contributed by atoms with E-state index in [1.807, 2.05) is 12.1 Å². The highest BCUT2D eigenvalue weighted by Gasteiger charge is 2.23. The normalized spacial score (nSPS) is 13.4. The number of anilines is 1. The van der Waals surface area contributed by atoms with Crippen molar-refractivity contribution in [1.82, 2.24) is 9.88 Å². The van der Waals surface area contributed by atoms with Gasteiger partial charge in [0.25, 0.3) is 5.91 Å². The smallest absolute Gasteiger partial charge is 0.255 e. The molecule has 1 fully saturated rings. The highest BCUT2D eigenvalue weighted by molar-refractivity contribution is 6.31. The Kier molecular flexibility index (Phi) is 6.59. The van der Waals surface area contributed by atoms with E-state index in [1.165, 1.54) is 0 Å². The Bertz CT molecular complexity index is 1090. The van der Waals surface area contributed by atoms with Crippen LogP contribution in [0, 0.1) is 0 Å². The van der Waals surface area contributed by atoms with Crippen LogP contribution in [0.2, 0.25) is 10.0 Å². The van der Waals surface area contributed by atoms with Gasteiger partial charge in [-0.1, -0.05) is 23.2 Å². The minimum atomic E-state index is -0.246. The lowest BCUT2D eigenvalue weighted by Crippen LogP contribution is -2.28. The number of hydrogen-bond acceptors (Lipinski definition) is 4. The molecule has 0 atom stereocenters. The minimum absolute atomic E-state index is 0.0928. The third kappa shape index (κ3) is 5.27. The van der Waals surface area contributed by atoms with Crippen LogP contribution in [-0.2, 0) is 11.2 Å². The number of amides is 2. The number of aryl methyl sites for hydroxylation is 1. The molecule has 31 heavy (non-hydrogen) atoms. The molecule has 1 N–H and O–H groups in total. The third-order valence-electron chi connectivity index (χ3n) is 5.13. The van der Waals surface area contributed by atoms with E-state index < -0.39 is 0 Å². The van der Waals surface area contributed by atoms with E-state index in [2.05, 4.69) is 10.3 Å². The quantitative estimate of drug-likeness (QED) is 0.533. The van der Waals surface area contributed by atoms with E-state index in [1.54, 1.807) is 41.4 Å². The number of likely N-dealkylation sites (tertiary alicyclic amines) is 1. The number of hydrogen-bond donors (Lipinski definition) is 1. The zero-order valence-electron chi connectivity index (χ0n) is 16.7. The Hall–Kier alpha value is -2.83. The Labute approximate surface area is 190 Å². The van der Waals surface area contributed by atoms with Gasteiger partial charge in [-0.25, -0.2) is 4.98 Å². The van der Waals surface area contributed by atoms with Gasteiger partial charge in [0, 0.05) is 41.5 Å². The molecule has 160 valence electrons. The fourth-order valence-corrected chi connectivity index (χ4v) is 3.80. The van der Waals surface area contributed by atoms with Crippen LogP contribution < -0.4 is 5.32 Å². The average molecular weight is 458 g/mol. The van der Waals surface area contributed by atoms with Crippen LogP contribution in [0.1, 0.15) is 35.5 Å². The number of carbonyl (C=O) groups is 2. The summed E-state index contributed by atoms with van der Waals surface area (Å²) in [7, 11) is 0. The van der Waals surface area contributed by atoms with Crippen molar-refractivity contribution in [3.63, 3.8) is 0 Å². The van der Waals surface area contributed by atoms with Crippen LogP contribution in [0.4, 0.5) is 5.69 Å². The Balaban J connectivity index is 1.40. The first kappa shape index (κ1) is 21.4. The van der Waals surface area contributed by atoms with Crippen molar-refractivity contribution in [3.8, 4) is 11.3 Å². The lowest BCUT2D eigenvalue weighted by atomic mass is 10.1. The van der Waals surface area contributed by atoms with E-state index >= 15 is 0 Å². The van der Waals surface area contributed by atoms with E-state index in [9.17, 15) is 9.59 Å². The topological polar surface area (TPSA) is 75.4 Å². The van der Waals surface area contributed by atoms with E-state index in [-0.39, 0.29) is 18.2 Å². The number of carbonyl (C=O) groups excluding carboxylic acids is 2. The monoisotopic (exact) mass is 457 g/mol. The highest BCUT2D eigenvalue weighted by atomic mass is 35.5. The van der Waals surface area contributed by atoms with Gasteiger partial charge in [-0.05, 0) is 55.3 Å². The number of nitrogens with zero attached hydrogens (tertiary/aromatic N) is 2. The Morgan fingerprint density at radius 3 is 2.48 bits per heavy atom. The molecule has 0 aliphatic carbocycles. The van der Waals surface area contributed by atoms with E-state index in [0.717, 1.165) is 31.5 Å². The molecule has 3 aromatic rings. The molecule has 0 saturated carbocycles. The molecule has 1 aromatic heterocycles. The van der Waals surface area contributed by atoms with Gasteiger partial charge in [0.1, 0.15) is 0 Å². The lowest BCUT2D eigenvalue weighted by Gasteiger charge is -2.18. The molecule has 2 aromatic carbocycles. The van der Waals surface area contributed by atoms with Crippen molar-refractivity contribution in [2.45, 2.75) is 25.7 Å². The fraction of sp³-hybridized carbons (Fsp3) is 0.261. The summed E-state index contributed by atoms with van der Waals surface area (Å²) in [5, 5.41) is 3.91. The molecule has 4 rings (SSSR count). The number of benzene rings is 2. The molecule has 1 aliphatic rings. The minimum Gasteiger partial charge on any atom is -0.441 e. The van der Waals surface area contributed by atoms with Crippen LogP contribution in [0.25, 0.3) is 11.3 Å². The number of aromatic nitrogens is 1. The zero-order chi connectivity index (χ0) is 21.8. The van der Waals surface area contributed by atoms with Crippen LogP contribution in [-0.4, -0.2) is 34.8 Å². The van der Waals surface area contributed by atoms with Crippen LogP contribution >= 0.6 is 23.2 Å². The standard InChI is InChI=1S/C23H21Cl2N3O3/c24-16-5-3-15(4-6-16)20-14-26-22(31-20)10-9-21(29)27-19-13-17(25)7-8-18(19)23(30)28-11-1-2-12-28/h3-8,13-14H,1-2,9-12H2,(H,27,29). The first-order chi connectivity index (χ1) is 15.0. The maximum Gasteiger partial charge on any atom is 0.255 e. The second-order valence-electron chi connectivity index (χ2n) is 7.36.